The van der Waals surface area contributed by atoms with Gasteiger partial charge in [0.2, 0.25) is 0 Å². The van der Waals surface area contributed by atoms with E-state index in [0.717, 1.165) is 12.1 Å². The highest BCUT2D eigenvalue weighted by Gasteiger charge is 2.62. The number of halogens is 4. The quantitative estimate of drug-likeness (QED) is 0.577. The highest BCUT2D eigenvalue weighted by molar-refractivity contribution is 7.98. The molecule has 2 aromatic rings. The second-order valence-electron chi connectivity index (χ2n) is 6.11. The first kappa shape index (κ1) is 19.5. The molecular formula is C19H17F4NO2S. The van der Waals surface area contributed by atoms with Crippen LogP contribution in [0.4, 0.5) is 22.4 Å². The summed E-state index contributed by atoms with van der Waals surface area (Å²) in [4.78, 5) is 12.2. The summed E-state index contributed by atoms with van der Waals surface area (Å²) in [6.45, 7) is -0.152. The number of carbonyl (C=O) groups excluding carboxylic acids is 1. The Kier molecular flexibility index (Phi) is 5.12. The number of benzene rings is 2. The maximum Gasteiger partial charge on any atom is 0.406 e. The Labute approximate surface area is 158 Å². The predicted molar refractivity (Wildman–Crippen MR) is 94.7 cm³/mol. The van der Waals surface area contributed by atoms with Crippen molar-refractivity contribution in [3.8, 4) is 0 Å². The van der Waals surface area contributed by atoms with Crippen molar-refractivity contribution in [2.24, 2.45) is 0 Å². The first-order valence-electron chi connectivity index (χ1n) is 8.09. The molecule has 3 nitrogen and oxygen atoms in total. The summed E-state index contributed by atoms with van der Waals surface area (Å²) in [7, 11) is 1.17. The summed E-state index contributed by atoms with van der Waals surface area (Å²) in [5, 5.41) is 2.45. The lowest BCUT2D eigenvalue weighted by Crippen LogP contribution is -2.35. The van der Waals surface area contributed by atoms with Gasteiger partial charge in [-0.05, 0) is 29.5 Å². The molecule has 2 aromatic carbocycles. The Morgan fingerprint density at radius 2 is 1.70 bits per heavy atom. The van der Waals surface area contributed by atoms with Crippen molar-refractivity contribution >= 4 is 17.9 Å². The van der Waals surface area contributed by atoms with Crippen LogP contribution in [0.2, 0.25) is 0 Å². The molecule has 0 heterocycles. The number of methoxy groups -OCH3 is 1. The monoisotopic (exact) mass is 399 g/mol. The molecule has 1 unspecified atom stereocenters. The van der Waals surface area contributed by atoms with Gasteiger partial charge in [0.25, 0.3) is 0 Å². The van der Waals surface area contributed by atoms with Gasteiger partial charge in [-0.25, -0.2) is 4.79 Å². The molecule has 0 saturated carbocycles. The average Bonchev–Trinajstić information content (AvgIpc) is 2.72. The first-order chi connectivity index (χ1) is 12.7. The molecule has 27 heavy (non-hydrogen) atoms. The third kappa shape index (κ3) is 3.16. The third-order valence-corrected chi connectivity index (χ3v) is 5.40. The van der Waals surface area contributed by atoms with Gasteiger partial charge in [0.15, 0.2) is 0 Å². The van der Waals surface area contributed by atoms with E-state index in [1.807, 2.05) is 0 Å². The molecular weight excluding hydrogens is 382 g/mol. The predicted octanol–water partition coefficient (Wildman–Crippen LogP) is 5.09. The Morgan fingerprint density at radius 1 is 1.07 bits per heavy atom. The number of alkyl carbamates (subject to hydrolysis) is 1. The molecule has 0 saturated heterocycles. The lowest BCUT2D eigenvalue weighted by atomic mass is 9.88. The number of fused-ring (bicyclic) bond motifs is 2. The highest BCUT2D eigenvalue weighted by Crippen LogP contribution is 2.56. The van der Waals surface area contributed by atoms with Crippen molar-refractivity contribution in [2.45, 2.75) is 22.7 Å². The molecule has 0 spiro atoms. The third-order valence-electron chi connectivity index (χ3n) is 4.68. The fourth-order valence-corrected chi connectivity index (χ4v) is 3.76. The van der Waals surface area contributed by atoms with Gasteiger partial charge in [0.05, 0.1) is 7.11 Å². The van der Waals surface area contributed by atoms with Crippen molar-refractivity contribution in [3.05, 3.63) is 64.7 Å². The van der Waals surface area contributed by atoms with Crippen LogP contribution in [0.25, 0.3) is 0 Å². The maximum absolute atomic E-state index is 14.9. The SMILES string of the molecule is COC(=O)NCC1c2ccccc2C(F)(F)C(F)(F)c2ccc(SC)cc21. The molecule has 0 aliphatic heterocycles. The number of rotatable bonds is 3. The summed E-state index contributed by atoms with van der Waals surface area (Å²) >= 11 is 1.32. The van der Waals surface area contributed by atoms with Crippen LogP contribution in [0.5, 0.6) is 0 Å². The number of ether oxygens (including phenoxy) is 1. The van der Waals surface area contributed by atoms with Gasteiger partial charge in [-0.15, -0.1) is 11.8 Å². The number of carbonyl (C=O) groups is 1. The second kappa shape index (κ2) is 7.07. The average molecular weight is 399 g/mol. The molecule has 1 atom stereocenters. The van der Waals surface area contributed by atoms with Crippen molar-refractivity contribution in [2.75, 3.05) is 19.9 Å². The van der Waals surface area contributed by atoms with Crippen LogP contribution >= 0.6 is 11.8 Å². The minimum Gasteiger partial charge on any atom is -0.453 e. The van der Waals surface area contributed by atoms with Gasteiger partial charge in [0, 0.05) is 28.5 Å². The van der Waals surface area contributed by atoms with Gasteiger partial charge in [-0.2, -0.15) is 17.6 Å². The largest absolute Gasteiger partial charge is 0.453 e. The van der Waals surface area contributed by atoms with Crippen LogP contribution in [0, 0.1) is 0 Å². The van der Waals surface area contributed by atoms with Gasteiger partial charge in [-0.3, -0.25) is 0 Å². The number of hydrogen-bond donors (Lipinski definition) is 1. The molecule has 0 radical (unpaired) electrons. The lowest BCUT2D eigenvalue weighted by molar-refractivity contribution is -0.223. The summed E-state index contributed by atoms with van der Waals surface area (Å²) < 4.78 is 64.1. The molecule has 1 aliphatic carbocycles. The Morgan fingerprint density at radius 3 is 2.33 bits per heavy atom. The Hall–Kier alpha value is -2.22. The van der Waals surface area contributed by atoms with E-state index in [9.17, 15) is 22.4 Å². The molecule has 1 N–H and O–H groups in total. The zero-order valence-electron chi connectivity index (χ0n) is 14.6. The van der Waals surface area contributed by atoms with E-state index in [4.69, 9.17) is 0 Å². The van der Waals surface area contributed by atoms with Crippen LogP contribution in [0.15, 0.2) is 47.4 Å². The standard InChI is InChI=1S/C19H17F4NO2S/c1-26-17(25)24-10-14-12-5-3-4-6-15(12)18(20,21)19(22,23)16-8-7-11(27-2)9-13(14)16/h3-9,14H,10H2,1-2H3,(H,24,25). The first-order valence-corrected chi connectivity index (χ1v) is 9.31. The van der Waals surface area contributed by atoms with E-state index in [1.54, 1.807) is 6.26 Å². The zero-order chi connectivity index (χ0) is 19.8. The van der Waals surface area contributed by atoms with E-state index < -0.39 is 35.0 Å². The van der Waals surface area contributed by atoms with Crippen molar-refractivity contribution in [1.29, 1.82) is 0 Å². The number of amides is 1. The van der Waals surface area contributed by atoms with Gasteiger partial charge >= 0.3 is 17.9 Å². The van der Waals surface area contributed by atoms with Gasteiger partial charge < -0.3 is 10.1 Å². The lowest BCUT2D eigenvalue weighted by Gasteiger charge is -2.27. The van der Waals surface area contributed by atoms with E-state index in [1.165, 1.54) is 49.2 Å². The minimum absolute atomic E-state index is 0.0515. The molecule has 0 bridgehead atoms. The highest BCUT2D eigenvalue weighted by atomic mass is 32.2. The molecule has 144 valence electrons. The van der Waals surface area contributed by atoms with Crippen LogP contribution in [-0.4, -0.2) is 26.0 Å². The number of hydrogen-bond acceptors (Lipinski definition) is 3. The summed E-state index contributed by atoms with van der Waals surface area (Å²) in [5.41, 5.74) is -1.37. The molecule has 1 aliphatic rings. The summed E-state index contributed by atoms with van der Waals surface area (Å²) in [6, 6.07) is 9.15. The van der Waals surface area contributed by atoms with Gasteiger partial charge in [-0.1, -0.05) is 30.3 Å². The summed E-state index contributed by atoms with van der Waals surface area (Å²) in [6.07, 6.45) is 0.999. The second-order valence-corrected chi connectivity index (χ2v) is 6.99. The van der Waals surface area contributed by atoms with Gasteiger partial charge in [0.1, 0.15) is 0 Å². The Bertz CT molecular complexity index is 873. The fraction of sp³-hybridized carbons (Fsp3) is 0.316. The summed E-state index contributed by atoms with van der Waals surface area (Å²) in [5.74, 6) is -9.66. The van der Waals surface area contributed by atoms with Crippen molar-refractivity contribution < 1.29 is 27.1 Å². The van der Waals surface area contributed by atoms with Crippen LogP contribution in [0.1, 0.15) is 28.2 Å². The van der Waals surface area contributed by atoms with Crippen LogP contribution in [0.3, 0.4) is 0 Å². The van der Waals surface area contributed by atoms with E-state index >= 15 is 0 Å². The normalized spacial score (nSPS) is 19.4. The van der Waals surface area contributed by atoms with Crippen LogP contribution < -0.4 is 5.32 Å². The topological polar surface area (TPSA) is 38.3 Å². The molecule has 0 aromatic heterocycles. The number of alkyl halides is 4. The van der Waals surface area contributed by atoms with E-state index in [0.29, 0.717) is 4.90 Å². The van der Waals surface area contributed by atoms with Crippen molar-refractivity contribution in [3.63, 3.8) is 0 Å². The molecule has 8 heteroatoms. The molecule has 0 fully saturated rings. The van der Waals surface area contributed by atoms with Crippen molar-refractivity contribution in [1.82, 2.24) is 5.32 Å². The van der Waals surface area contributed by atoms with Crippen LogP contribution in [-0.2, 0) is 16.6 Å². The Balaban J connectivity index is 2.27. The van der Waals surface area contributed by atoms with E-state index in [-0.39, 0.29) is 17.7 Å². The fourth-order valence-electron chi connectivity index (χ4n) is 3.31. The smallest absolute Gasteiger partial charge is 0.406 e. The van der Waals surface area contributed by atoms with E-state index in [2.05, 4.69) is 10.1 Å². The minimum atomic E-state index is -4.39. The molecule has 3 rings (SSSR count). The number of nitrogens with one attached hydrogen (secondary N) is 1. The maximum atomic E-state index is 14.9. The number of thioether (sulfide) groups is 1. The molecule has 1 amide bonds. The zero-order valence-corrected chi connectivity index (χ0v) is 15.4.